The SMILES string of the molecule is CN(C)C(=O)C1CCCC(C2CCC3NCC4NNC(C5CCC(C(C)(C)C#N)CC5)C4C3C2)C1. The third-order valence-corrected chi connectivity index (χ3v) is 11.1. The predicted molar refractivity (Wildman–Crippen MR) is 139 cm³/mol. The van der Waals surface area contributed by atoms with Crippen molar-refractivity contribution in [2.75, 3.05) is 20.6 Å². The Morgan fingerprint density at radius 2 is 1.60 bits per heavy atom. The van der Waals surface area contributed by atoms with Gasteiger partial charge in [-0.15, -0.1) is 0 Å². The van der Waals surface area contributed by atoms with E-state index in [1.165, 1.54) is 57.8 Å². The van der Waals surface area contributed by atoms with Crippen molar-refractivity contribution in [1.29, 1.82) is 5.26 Å². The summed E-state index contributed by atoms with van der Waals surface area (Å²) in [7, 11) is 3.83. The van der Waals surface area contributed by atoms with E-state index < -0.39 is 0 Å². The molecule has 0 aromatic rings. The van der Waals surface area contributed by atoms with Crippen LogP contribution in [0.25, 0.3) is 0 Å². The molecular formula is C29H49N5O. The van der Waals surface area contributed by atoms with Gasteiger partial charge in [0.15, 0.2) is 0 Å². The van der Waals surface area contributed by atoms with Crippen LogP contribution < -0.4 is 16.2 Å². The van der Waals surface area contributed by atoms with Crippen LogP contribution in [0.2, 0.25) is 0 Å². The van der Waals surface area contributed by atoms with Crippen LogP contribution in [0.5, 0.6) is 0 Å². The summed E-state index contributed by atoms with van der Waals surface area (Å²) in [5, 5.41) is 13.5. The lowest BCUT2D eigenvalue weighted by Gasteiger charge is -2.50. The minimum atomic E-state index is -0.197. The fourth-order valence-corrected chi connectivity index (χ4v) is 8.99. The smallest absolute Gasteiger partial charge is 0.225 e. The summed E-state index contributed by atoms with van der Waals surface area (Å²) in [6.45, 7) is 5.34. The highest BCUT2D eigenvalue weighted by Gasteiger charge is 2.52. The van der Waals surface area contributed by atoms with Crippen molar-refractivity contribution in [2.24, 2.45) is 46.8 Å². The molecule has 35 heavy (non-hydrogen) atoms. The lowest BCUT2D eigenvalue weighted by atomic mass is 9.59. The third kappa shape index (κ3) is 5.03. The Morgan fingerprint density at radius 1 is 0.886 bits per heavy atom. The van der Waals surface area contributed by atoms with Crippen molar-refractivity contribution < 1.29 is 4.79 Å². The number of hydrogen-bond acceptors (Lipinski definition) is 5. The van der Waals surface area contributed by atoms with Gasteiger partial charge in [0.2, 0.25) is 5.91 Å². The van der Waals surface area contributed by atoms with Gasteiger partial charge in [0.05, 0.1) is 11.5 Å². The van der Waals surface area contributed by atoms with Crippen molar-refractivity contribution in [3.8, 4) is 6.07 Å². The normalized spacial score (nSPS) is 44.1. The average Bonchev–Trinajstić information content (AvgIpc) is 3.33. The summed E-state index contributed by atoms with van der Waals surface area (Å²) >= 11 is 0. The molecule has 3 aliphatic carbocycles. The second kappa shape index (κ2) is 10.3. The fraction of sp³-hybridized carbons (Fsp3) is 0.931. The molecule has 0 bridgehead atoms. The molecule has 196 valence electrons. The van der Waals surface area contributed by atoms with E-state index in [9.17, 15) is 10.1 Å². The number of nitrogens with one attached hydrogen (secondary N) is 3. The minimum Gasteiger partial charge on any atom is -0.349 e. The lowest BCUT2D eigenvalue weighted by molar-refractivity contribution is -0.134. The summed E-state index contributed by atoms with van der Waals surface area (Å²) < 4.78 is 0. The van der Waals surface area contributed by atoms with E-state index in [-0.39, 0.29) is 11.3 Å². The van der Waals surface area contributed by atoms with Crippen LogP contribution in [0.1, 0.15) is 84.5 Å². The Bertz CT molecular complexity index is 797. The maximum atomic E-state index is 12.7. The van der Waals surface area contributed by atoms with Crippen molar-refractivity contribution in [3.05, 3.63) is 0 Å². The number of carbonyl (C=O) groups excluding carboxylic acids is 1. The largest absolute Gasteiger partial charge is 0.349 e. The van der Waals surface area contributed by atoms with Crippen LogP contribution >= 0.6 is 0 Å². The molecule has 6 nitrogen and oxygen atoms in total. The van der Waals surface area contributed by atoms with Gasteiger partial charge in [0.1, 0.15) is 0 Å². The highest BCUT2D eigenvalue weighted by molar-refractivity contribution is 5.78. The van der Waals surface area contributed by atoms with Crippen LogP contribution in [0.15, 0.2) is 0 Å². The van der Waals surface area contributed by atoms with E-state index in [1.54, 1.807) is 0 Å². The van der Waals surface area contributed by atoms with Crippen LogP contribution in [0, 0.1) is 58.2 Å². The van der Waals surface area contributed by atoms with Gasteiger partial charge in [-0.25, -0.2) is 0 Å². The van der Waals surface area contributed by atoms with Crippen LogP contribution in [-0.2, 0) is 4.79 Å². The minimum absolute atomic E-state index is 0.197. The van der Waals surface area contributed by atoms with Crippen molar-refractivity contribution >= 4 is 5.91 Å². The van der Waals surface area contributed by atoms with Crippen molar-refractivity contribution in [2.45, 2.75) is 103 Å². The first-order chi connectivity index (χ1) is 16.8. The third-order valence-electron chi connectivity index (χ3n) is 11.1. The molecule has 2 saturated heterocycles. The van der Waals surface area contributed by atoms with Gasteiger partial charge >= 0.3 is 0 Å². The van der Waals surface area contributed by atoms with E-state index in [0.29, 0.717) is 35.9 Å². The summed E-state index contributed by atoms with van der Waals surface area (Å²) in [5.74, 6) is 4.80. The molecule has 8 atom stereocenters. The van der Waals surface area contributed by atoms with E-state index in [2.05, 4.69) is 36.1 Å². The molecule has 3 saturated carbocycles. The number of fused-ring (bicyclic) bond motifs is 3. The standard InChI is InChI=1S/C29H49N5O/c1-29(2,17-30)22-11-8-18(9-12-22)27-26-23-15-20(10-13-24(23)31-16-25(26)32-33-27)19-6-5-7-21(14-19)28(35)34(3)4/h18-27,31-33H,5-16H2,1-4H3. The zero-order valence-corrected chi connectivity index (χ0v) is 22.6. The van der Waals surface area contributed by atoms with Gasteiger partial charge in [-0.1, -0.05) is 12.8 Å². The molecule has 0 spiro atoms. The predicted octanol–water partition coefficient (Wildman–Crippen LogP) is 4.09. The quantitative estimate of drug-likeness (QED) is 0.561. The number of carbonyl (C=O) groups is 1. The van der Waals surface area contributed by atoms with Crippen LogP contribution in [0.4, 0.5) is 0 Å². The van der Waals surface area contributed by atoms with Gasteiger partial charge < -0.3 is 10.2 Å². The molecule has 6 heteroatoms. The highest BCUT2D eigenvalue weighted by Crippen LogP contribution is 2.49. The monoisotopic (exact) mass is 483 g/mol. The number of nitriles is 1. The zero-order valence-electron chi connectivity index (χ0n) is 22.6. The number of hydrazine groups is 1. The first kappa shape index (κ1) is 25.5. The highest BCUT2D eigenvalue weighted by atomic mass is 16.2. The first-order valence-corrected chi connectivity index (χ1v) is 14.6. The maximum Gasteiger partial charge on any atom is 0.225 e. The molecule has 8 unspecified atom stereocenters. The van der Waals surface area contributed by atoms with Gasteiger partial charge in [0, 0.05) is 44.7 Å². The molecule has 5 fully saturated rings. The number of amides is 1. The lowest BCUT2D eigenvalue weighted by Crippen LogP contribution is -2.58. The van der Waals surface area contributed by atoms with Crippen LogP contribution in [0.3, 0.4) is 0 Å². The maximum absolute atomic E-state index is 12.7. The summed E-state index contributed by atoms with van der Waals surface area (Å²) in [6, 6.07) is 4.32. The fourth-order valence-electron chi connectivity index (χ4n) is 8.99. The van der Waals surface area contributed by atoms with E-state index in [4.69, 9.17) is 0 Å². The first-order valence-electron chi connectivity index (χ1n) is 14.6. The summed E-state index contributed by atoms with van der Waals surface area (Å²) in [4.78, 5) is 14.5. The van der Waals surface area contributed by atoms with Gasteiger partial charge in [-0.3, -0.25) is 15.6 Å². The molecule has 5 aliphatic rings. The molecule has 0 radical (unpaired) electrons. The average molecular weight is 484 g/mol. The molecule has 2 heterocycles. The number of nitrogens with zero attached hydrogens (tertiary/aromatic N) is 2. The number of piperidine rings is 1. The second-order valence-corrected chi connectivity index (χ2v) is 13.6. The topological polar surface area (TPSA) is 80.2 Å². The van der Waals surface area contributed by atoms with Gasteiger partial charge in [0.25, 0.3) is 0 Å². The van der Waals surface area contributed by atoms with Gasteiger partial charge in [-0.2, -0.15) is 5.26 Å². The summed E-state index contributed by atoms with van der Waals surface area (Å²) in [5.41, 5.74) is 7.30. The van der Waals surface area contributed by atoms with E-state index in [0.717, 1.165) is 43.1 Å². The molecular weight excluding hydrogens is 434 g/mol. The molecule has 5 rings (SSSR count). The Hall–Kier alpha value is -1.16. The molecule has 0 aromatic carbocycles. The second-order valence-electron chi connectivity index (χ2n) is 13.6. The zero-order chi connectivity index (χ0) is 24.7. The summed E-state index contributed by atoms with van der Waals surface area (Å²) in [6.07, 6.45) is 13.6. The van der Waals surface area contributed by atoms with E-state index in [1.807, 2.05) is 19.0 Å². The van der Waals surface area contributed by atoms with Crippen LogP contribution in [-0.4, -0.2) is 49.6 Å². The van der Waals surface area contributed by atoms with Gasteiger partial charge in [-0.05, 0) is 107 Å². The molecule has 2 aliphatic heterocycles. The Morgan fingerprint density at radius 3 is 2.31 bits per heavy atom. The van der Waals surface area contributed by atoms with Crippen molar-refractivity contribution in [3.63, 3.8) is 0 Å². The van der Waals surface area contributed by atoms with Crippen molar-refractivity contribution in [1.82, 2.24) is 21.1 Å². The number of hydrogen-bond donors (Lipinski definition) is 3. The molecule has 1 amide bonds. The molecule has 0 aromatic heterocycles. The Kier molecular flexibility index (Phi) is 7.50. The Balaban J connectivity index is 1.25. The number of rotatable bonds is 4. The molecule has 3 N–H and O–H groups in total. The van der Waals surface area contributed by atoms with E-state index >= 15 is 0 Å². The Labute approximate surface area is 213 Å².